The molecule has 7 heteroatoms. The van der Waals surface area contributed by atoms with Crippen LogP contribution in [0, 0.1) is 11.6 Å². The summed E-state index contributed by atoms with van der Waals surface area (Å²) in [4.78, 5) is 26.7. The number of fused-ring (bicyclic) bond motifs is 1. The van der Waals surface area contributed by atoms with Crippen molar-refractivity contribution in [2.75, 3.05) is 5.32 Å². The van der Waals surface area contributed by atoms with Gasteiger partial charge in [-0.15, -0.1) is 0 Å². The maximum Gasteiger partial charge on any atom is 0.329 e. The predicted molar refractivity (Wildman–Crippen MR) is 78.0 cm³/mol. The van der Waals surface area contributed by atoms with Gasteiger partial charge in [0.05, 0.1) is 11.6 Å². The van der Waals surface area contributed by atoms with Crippen LogP contribution in [0.5, 0.6) is 0 Å². The van der Waals surface area contributed by atoms with E-state index in [0.29, 0.717) is 36.3 Å². The topological polar surface area (TPSA) is 66.9 Å². The van der Waals surface area contributed by atoms with E-state index in [-0.39, 0.29) is 11.6 Å². The quantitative estimate of drug-likeness (QED) is 0.891. The first-order valence-corrected chi connectivity index (χ1v) is 7.08. The lowest BCUT2D eigenvalue weighted by Gasteiger charge is -2.26. The highest BCUT2D eigenvalue weighted by Gasteiger charge is 2.24. The van der Waals surface area contributed by atoms with Gasteiger partial charge in [0.1, 0.15) is 17.5 Å². The molecule has 2 aromatic rings. The van der Waals surface area contributed by atoms with E-state index < -0.39 is 17.3 Å². The van der Waals surface area contributed by atoms with Crippen LogP contribution in [0.2, 0.25) is 0 Å². The summed E-state index contributed by atoms with van der Waals surface area (Å²) in [5.74, 6) is -0.976. The number of hydrogen-bond acceptors (Lipinski definition) is 3. The van der Waals surface area contributed by atoms with Crippen molar-refractivity contribution in [1.82, 2.24) is 9.55 Å². The predicted octanol–water partition coefficient (Wildman–Crippen LogP) is 1.93. The van der Waals surface area contributed by atoms with Gasteiger partial charge in [-0.3, -0.25) is 14.3 Å². The number of anilines is 1. The van der Waals surface area contributed by atoms with Gasteiger partial charge in [0.25, 0.3) is 5.56 Å². The molecule has 1 aromatic carbocycles. The molecule has 1 aliphatic heterocycles. The minimum Gasteiger partial charge on any atom is -0.364 e. The highest BCUT2D eigenvalue weighted by Crippen LogP contribution is 2.29. The van der Waals surface area contributed by atoms with Crippen LogP contribution in [-0.4, -0.2) is 9.55 Å². The van der Waals surface area contributed by atoms with E-state index in [2.05, 4.69) is 10.3 Å². The summed E-state index contributed by atoms with van der Waals surface area (Å²) in [5, 5.41) is 3.00. The number of halogens is 2. The van der Waals surface area contributed by atoms with Gasteiger partial charge in [0.2, 0.25) is 0 Å². The maximum absolute atomic E-state index is 13.3. The lowest BCUT2D eigenvalue weighted by molar-refractivity contribution is 0.566. The van der Waals surface area contributed by atoms with Gasteiger partial charge < -0.3 is 5.32 Å². The van der Waals surface area contributed by atoms with Crippen molar-refractivity contribution in [3.63, 3.8) is 0 Å². The third-order valence-corrected chi connectivity index (χ3v) is 3.89. The average molecular weight is 307 g/mol. The highest BCUT2D eigenvalue weighted by molar-refractivity contribution is 5.47. The summed E-state index contributed by atoms with van der Waals surface area (Å²) >= 11 is 0. The first-order valence-electron chi connectivity index (χ1n) is 7.08. The molecule has 0 unspecified atom stereocenters. The van der Waals surface area contributed by atoms with E-state index in [1.54, 1.807) is 6.92 Å². The zero-order valence-corrected chi connectivity index (χ0v) is 12.0. The zero-order chi connectivity index (χ0) is 15.9. The van der Waals surface area contributed by atoms with Crippen LogP contribution < -0.4 is 16.6 Å². The Bertz CT molecular complexity index is 821. The Kier molecular flexibility index (Phi) is 3.56. The number of rotatable bonds is 2. The summed E-state index contributed by atoms with van der Waals surface area (Å²) in [6.45, 7) is 2.01. The van der Waals surface area contributed by atoms with Gasteiger partial charge in [-0.1, -0.05) is 0 Å². The molecule has 0 bridgehead atoms. The minimum atomic E-state index is -0.655. The minimum absolute atomic E-state index is 0.292. The Hall–Kier alpha value is -2.44. The van der Waals surface area contributed by atoms with Gasteiger partial charge in [0, 0.05) is 12.6 Å². The zero-order valence-electron chi connectivity index (χ0n) is 12.0. The molecule has 2 heterocycles. The van der Waals surface area contributed by atoms with Crippen molar-refractivity contribution in [3.8, 4) is 0 Å². The van der Waals surface area contributed by atoms with Gasteiger partial charge in [0.15, 0.2) is 0 Å². The number of nitrogens with one attached hydrogen (secondary N) is 2. The number of aromatic nitrogens is 2. The van der Waals surface area contributed by atoms with Crippen LogP contribution in [0.15, 0.2) is 27.8 Å². The number of benzene rings is 1. The van der Waals surface area contributed by atoms with E-state index in [4.69, 9.17) is 0 Å². The van der Waals surface area contributed by atoms with Gasteiger partial charge in [-0.25, -0.2) is 13.6 Å². The van der Waals surface area contributed by atoms with Crippen molar-refractivity contribution >= 4 is 5.82 Å². The third-order valence-electron chi connectivity index (χ3n) is 3.89. The number of hydrogen-bond donors (Lipinski definition) is 2. The van der Waals surface area contributed by atoms with Gasteiger partial charge >= 0.3 is 5.69 Å². The second-order valence-electron chi connectivity index (χ2n) is 5.27. The molecule has 0 saturated carbocycles. The molecule has 0 radical (unpaired) electrons. The Labute approximate surface area is 124 Å². The Morgan fingerprint density at radius 2 is 1.91 bits per heavy atom. The molecule has 5 nitrogen and oxygen atoms in total. The molecule has 116 valence electrons. The fourth-order valence-corrected chi connectivity index (χ4v) is 2.82. The molecule has 0 fully saturated rings. The fourth-order valence-electron chi connectivity index (χ4n) is 2.82. The van der Waals surface area contributed by atoms with E-state index in [1.807, 2.05) is 0 Å². The summed E-state index contributed by atoms with van der Waals surface area (Å²) in [6, 6.07) is 2.95. The van der Waals surface area contributed by atoms with Crippen LogP contribution in [0.1, 0.15) is 30.5 Å². The molecule has 22 heavy (non-hydrogen) atoms. The summed E-state index contributed by atoms with van der Waals surface area (Å²) in [6.07, 6.45) is 0.946. The molecule has 1 aromatic heterocycles. The Morgan fingerprint density at radius 1 is 1.23 bits per heavy atom. The van der Waals surface area contributed by atoms with E-state index in [9.17, 15) is 18.4 Å². The second kappa shape index (κ2) is 5.40. The second-order valence-corrected chi connectivity index (χ2v) is 5.27. The number of nitrogens with zero attached hydrogens (tertiary/aromatic N) is 1. The smallest absolute Gasteiger partial charge is 0.329 e. The SMILES string of the molecule is CCn1c(=O)[nH]c2c(c1=O)CC[C@H](c1cc(F)cc(F)c1)N2. The standard InChI is InChI=1S/C15H15F2N3O2/c1-2-20-14(21)11-3-4-12(18-13(11)19-15(20)22)8-5-9(16)7-10(17)6-8/h5-7,12,18H,2-4H2,1H3,(H,19,22)/t12-/m1/s1. The summed E-state index contributed by atoms with van der Waals surface area (Å²) < 4.78 is 27.8. The molecule has 0 amide bonds. The van der Waals surface area contributed by atoms with Crippen molar-refractivity contribution < 1.29 is 8.78 Å². The first-order chi connectivity index (χ1) is 10.5. The largest absolute Gasteiger partial charge is 0.364 e. The van der Waals surface area contributed by atoms with Gasteiger partial charge in [-0.2, -0.15) is 0 Å². The molecule has 3 rings (SSSR count). The normalized spacial score (nSPS) is 17.0. The average Bonchev–Trinajstić information content (AvgIpc) is 2.46. The van der Waals surface area contributed by atoms with Crippen LogP contribution >= 0.6 is 0 Å². The van der Waals surface area contributed by atoms with Crippen molar-refractivity contribution in [1.29, 1.82) is 0 Å². The summed E-state index contributed by atoms with van der Waals surface area (Å²) in [7, 11) is 0. The lowest BCUT2D eigenvalue weighted by atomic mass is 9.95. The molecule has 1 aliphatic rings. The highest BCUT2D eigenvalue weighted by atomic mass is 19.1. The van der Waals surface area contributed by atoms with Crippen LogP contribution in [0.4, 0.5) is 14.6 Å². The third kappa shape index (κ3) is 2.43. The molecule has 0 spiro atoms. The Morgan fingerprint density at radius 3 is 2.55 bits per heavy atom. The van der Waals surface area contributed by atoms with Crippen molar-refractivity contribution in [2.24, 2.45) is 0 Å². The molecule has 0 aliphatic carbocycles. The molecule has 2 N–H and O–H groups in total. The monoisotopic (exact) mass is 307 g/mol. The molecule has 1 atom stereocenters. The van der Waals surface area contributed by atoms with Gasteiger partial charge in [-0.05, 0) is 37.5 Å². The van der Waals surface area contributed by atoms with Crippen molar-refractivity contribution in [2.45, 2.75) is 32.4 Å². The Balaban J connectivity index is 2.01. The van der Waals surface area contributed by atoms with Crippen molar-refractivity contribution in [3.05, 3.63) is 61.8 Å². The molecule has 0 saturated heterocycles. The van der Waals surface area contributed by atoms with Crippen LogP contribution in [0.25, 0.3) is 0 Å². The first kappa shape index (κ1) is 14.5. The number of H-pyrrole nitrogens is 1. The molecular formula is C15H15F2N3O2. The van der Waals surface area contributed by atoms with Crippen LogP contribution in [-0.2, 0) is 13.0 Å². The van der Waals surface area contributed by atoms with E-state index in [0.717, 1.165) is 10.6 Å². The van der Waals surface area contributed by atoms with Crippen LogP contribution in [0.3, 0.4) is 0 Å². The van der Waals surface area contributed by atoms with E-state index >= 15 is 0 Å². The maximum atomic E-state index is 13.3. The summed E-state index contributed by atoms with van der Waals surface area (Å²) in [5.41, 5.74) is 0.126. The fraction of sp³-hybridized carbons (Fsp3) is 0.333. The van der Waals surface area contributed by atoms with E-state index in [1.165, 1.54) is 12.1 Å². The number of aromatic amines is 1. The molecular weight excluding hydrogens is 292 g/mol. The lowest BCUT2D eigenvalue weighted by Crippen LogP contribution is -2.39.